The summed E-state index contributed by atoms with van der Waals surface area (Å²) in [7, 11) is 1.58. The highest BCUT2D eigenvalue weighted by Gasteiger charge is 2.31. The summed E-state index contributed by atoms with van der Waals surface area (Å²) in [6, 6.07) is 11.6. The molecular weight excluding hydrogens is 386 g/mol. The Balaban J connectivity index is 1.60. The molecule has 0 spiro atoms. The Bertz CT molecular complexity index is 809. The van der Waals surface area contributed by atoms with E-state index in [0.717, 1.165) is 25.8 Å². The third-order valence-electron chi connectivity index (χ3n) is 5.09. The maximum atomic E-state index is 13.0. The molecule has 2 amide bonds. The van der Waals surface area contributed by atoms with Crippen molar-refractivity contribution < 1.29 is 14.3 Å². The van der Waals surface area contributed by atoms with Gasteiger partial charge in [0.05, 0.1) is 31.9 Å². The number of likely N-dealkylation sites (tertiary alicyclic amines) is 1. The standard InChI is InChI=1S/C22H29N3O3S/c1-3-12-24(15-21(26)23-17-8-4-5-10-19(17)28-2)16-22(27)25-13-6-9-18(25)20-11-7-14-29-20/h4-5,7-8,10-11,14,18H,3,6,9,12-13,15-16H2,1-2H3,(H,23,26). The summed E-state index contributed by atoms with van der Waals surface area (Å²) < 4.78 is 5.29. The Morgan fingerprint density at radius 1 is 1.24 bits per heavy atom. The number of hydrogen-bond acceptors (Lipinski definition) is 5. The molecule has 0 radical (unpaired) electrons. The van der Waals surface area contributed by atoms with Crippen LogP contribution >= 0.6 is 11.3 Å². The fourth-order valence-electron chi connectivity index (χ4n) is 3.79. The average molecular weight is 416 g/mol. The Hall–Kier alpha value is -2.38. The van der Waals surface area contributed by atoms with Crippen molar-refractivity contribution in [1.82, 2.24) is 9.80 Å². The summed E-state index contributed by atoms with van der Waals surface area (Å²) in [5.41, 5.74) is 0.639. The van der Waals surface area contributed by atoms with Crippen LogP contribution in [0.15, 0.2) is 41.8 Å². The minimum absolute atomic E-state index is 0.0967. The second-order valence-corrected chi connectivity index (χ2v) is 8.20. The van der Waals surface area contributed by atoms with Gasteiger partial charge in [-0.15, -0.1) is 11.3 Å². The van der Waals surface area contributed by atoms with Gasteiger partial charge in [-0.25, -0.2) is 0 Å². The molecule has 1 unspecified atom stereocenters. The molecule has 2 aromatic rings. The van der Waals surface area contributed by atoms with Crippen molar-refractivity contribution >= 4 is 28.8 Å². The molecular formula is C22H29N3O3S. The van der Waals surface area contributed by atoms with Crippen molar-refractivity contribution in [2.45, 2.75) is 32.2 Å². The number of amides is 2. The number of para-hydroxylation sites is 2. The van der Waals surface area contributed by atoms with Crippen LogP contribution < -0.4 is 10.1 Å². The van der Waals surface area contributed by atoms with E-state index >= 15 is 0 Å². The van der Waals surface area contributed by atoms with E-state index in [1.54, 1.807) is 24.5 Å². The molecule has 7 heteroatoms. The summed E-state index contributed by atoms with van der Waals surface area (Å²) in [5, 5.41) is 4.95. The number of benzene rings is 1. The highest BCUT2D eigenvalue weighted by atomic mass is 32.1. The van der Waals surface area contributed by atoms with Crippen LogP contribution in [0.5, 0.6) is 5.75 Å². The second-order valence-electron chi connectivity index (χ2n) is 7.22. The number of carbonyl (C=O) groups is 2. The molecule has 1 N–H and O–H groups in total. The summed E-state index contributed by atoms with van der Waals surface area (Å²) in [4.78, 5) is 30.8. The SMILES string of the molecule is CCCN(CC(=O)Nc1ccccc1OC)CC(=O)N1CCCC1c1cccs1. The maximum absolute atomic E-state index is 13.0. The van der Waals surface area contributed by atoms with E-state index < -0.39 is 0 Å². The third-order valence-corrected chi connectivity index (χ3v) is 6.07. The summed E-state index contributed by atoms with van der Waals surface area (Å²) in [6.07, 6.45) is 2.91. The molecule has 0 aliphatic carbocycles. The summed E-state index contributed by atoms with van der Waals surface area (Å²) in [6.45, 7) is 3.97. The first kappa shape index (κ1) is 21.3. The number of rotatable bonds is 9. The third kappa shape index (κ3) is 5.58. The fraction of sp³-hybridized carbons (Fsp3) is 0.455. The number of ether oxygens (including phenoxy) is 1. The highest BCUT2D eigenvalue weighted by Crippen LogP contribution is 2.34. The van der Waals surface area contributed by atoms with Crippen molar-refractivity contribution in [2.24, 2.45) is 0 Å². The Morgan fingerprint density at radius 3 is 2.79 bits per heavy atom. The Labute approximate surface area is 176 Å². The van der Waals surface area contributed by atoms with Crippen LogP contribution in [0.2, 0.25) is 0 Å². The molecule has 1 aliphatic rings. The minimum Gasteiger partial charge on any atom is -0.495 e. The monoisotopic (exact) mass is 415 g/mol. The number of thiophene rings is 1. The zero-order valence-corrected chi connectivity index (χ0v) is 17.9. The van der Waals surface area contributed by atoms with Gasteiger partial charge in [-0.05, 0) is 49.4 Å². The second kappa shape index (κ2) is 10.4. The number of hydrogen-bond donors (Lipinski definition) is 1. The van der Waals surface area contributed by atoms with Gasteiger partial charge in [0.15, 0.2) is 0 Å². The smallest absolute Gasteiger partial charge is 0.238 e. The van der Waals surface area contributed by atoms with E-state index in [2.05, 4.69) is 23.7 Å². The van der Waals surface area contributed by atoms with Crippen LogP contribution in [0.1, 0.15) is 37.1 Å². The summed E-state index contributed by atoms with van der Waals surface area (Å²) >= 11 is 1.70. The zero-order chi connectivity index (χ0) is 20.6. The number of nitrogens with one attached hydrogen (secondary N) is 1. The highest BCUT2D eigenvalue weighted by molar-refractivity contribution is 7.10. The predicted molar refractivity (Wildman–Crippen MR) is 116 cm³/mol. The van der Waals surface area contributed by atoms with Crippen LogP contribution in [0, 0.1) is 0 Å². The van der Waals surface area contributed by atoms with Crippen LogP contribution in [0.4, 0.5) is 5.69 Å². The van der Waals surface area contributed by atoms with Gasteiger partial charge in [0.2, 0.25) is 11.8 Å². The van der Waals surface area contributed by atoms with Gasteiger partial charge in [-0.3, -0.25) is 14.5 Å². The lowest BCUT2D eigenvalue weighted by atomic mass is 10.2. The fourth-order valence-corrected chi connectivity index (χ4v) is 4.67. The number of nitrogens with zero attached hydrogens (tertiary/aromatic N) is 2. The molecule has 156 valence electrons. The van der Waals surface area contributed by atoms with Gasteiger partial charge in [0, 0.05) is 11.4 Å². The van der Waals surface area contributed by atoms with Gasteiger partial charge in [0.1, 0.15) is 5.75 Å². The largest absolute Gasteiger partial charge is 0.495 e. The number of carbonyl (C=O) groups excluding carboxylic acids is 2. The molecule has 2 heterocycles. The normalized spacial score (nSPS) is 16.2. The van der Waals surface area contributed by atoms with E-state index in [1.807, 2.05) is 34.1 Å². The van der Waals surface area contributed by atoms with E-state index in [0.29, 0.717) is 18.0 Å². The first-order valence-electron chi connectivity index (χ1n) is 10.1. The van der Waals surface area contributed by atoms with Crippen molar-refractivity contribution in [3.05, 3.63) is 46.7 Å². The predicted octanol–water partition coefficient (Wildman–Crippen LogP) is 3.77. The van der Waals surface area contributed by atoms with Crippen molar-refractivity contribution in [1.29, 1.82) is 0 Å². The van der Waals surface area contributed by atoms with E-state index in [4.69, 9.17) is 4.74 Å². The Morgan fingerprint density at radius 2 is 2.07 bits per heavy atom. The molecule has 1 saturated heterocycles. The van der Waals surface area contributed by atoms with Gasteiger partial charge in [0.25, 0.3) is 0 Å². The molecule has 6 nitrogen and oxygen atoms in total. The van der Waals surface area contributed by atoms with Crippen molar-refractivity contribution in [3.8, 4) is 5.75 Å². The first-order chi connectivity index (χ1) is 14.1. The topological polar surface area (TPSA) is 61.9 Å². The summed E-state index contributed by atoms with van der Waals surface area (Å²) in [5.74, 6) is 0.571. The molecule has 0 bridgehead atoms. The van der Waals surface area contributed by atoms with E-state index in [-0.39, 0.29) is 30.9 Å². The van der Waals surface area contributed by atoms with Gasteiger partial charge in [-0.1, -0.05) is 25.1 Å². The average Bonchev–Trinajstić information content (AvgIpc) is 3.40. The van der Waals surface area contributed by atoms with E-state index in [1.165, 1.54) is 4.88 Å². The van der Waals surface area contributed by atoms with Crippen molar-refractivity contribution in [2.75, 3.05) is 38.6 Å². The zero-order valence-electron chi connectivity index (χ0n) is 17.1. The lowest BCUT2D eigenvalue weighted by molar-refractivity contribution is -0.133. The molecule has 29 heavy (non-hydrogen) atoms. The van der Waals surface area contributed by atoms with Crippen LogP contribution in [0.3, 0.4) is 0 Å². The Kier molecular flexibility index (Phi) is 7.66. The lowest BCUT2D eigenvalue weighted by Gasteiger charge is -2.28. The van der Waals surface area contributed by atoms with Gasteiger partial charge >= 0.3 is 0 Å². The van der Waals surface area contributed by atoms with Gasteiger partial charge in [-0.2, -0.15) is 0 Å². The van der Waals surface area contributed by atoms with E-state index in [9.17, 15) is 9.59 Å². The molecule has 3 rings (SSSR count). The maximum Gasteiger partial charge on any atom is 0.238 e. The number of methoxy groups -OCH3 is 1. The first-order valence-corrected chi connectivity index (χ1v) is 11.0. The molecule has 0 saturated carbocycles. The van der Waals surface area contributed by atoms with Crippen LogP contribution in [0.25, 0.3) is 0 Å². The van der Waals surface area contributed by atoms with Crippen LogP contribution in [-0.4, -0.2) is 54.9 Å². The molecule has 1 atom stereocenters. The van der Waals surface area contributed by atoms with Crippen LogP contribution in [-0.2, 0) is 9.59 Å². The molecule has 1 fully saturated rings. The van der Waals surface area contributed by atoms with Crippen molar-refractivity contribution in [3.63, 3.8) is 0 Å². The lowest BCUT2D eigenvalue weighted by Crippen LogP contribution is -2.43. The number of anilines is 1. The molecule has 1 aromatic heterocycles. The quantitative estimate of drug-likeness (QED) is 0.677. The minimum atomic E-state index is -0.146. The molecule has 1 aromatic carbocycles. The van der Waals surface area contributed by atoms with Gasteiger partial charge < -0.3 is 15.0 Å². The molecule has 1 aliphatic heterocycles.